The van der Waals surface area contributed by atoms with E-state index in [9.17, 15) is 5.11 Å². The van der Waals surface area contributed by atoms with Crippen LogP contribution in [0.25, 0.3) is 0 Å². The van der Waals surface area contributed by atoms with Crippen LogP contribution in [-0.4, -0.2) is 24.7 Å². The Morgan fingerprint density at radius 3 is 2.52 bits per heavy atom. The molecule has 2 rings (SSSR count). The van der Waals surface area contributed by atoms with E-state index in [1.54, 1.807) is 12.1 Å². The number of hydrogen-bond acceptors (Lipinski definition) is 3. The molecule has 0 amide bonds. The molecule has 1 atom stereocenters. The van der Waals surface area contributed by atoms with Gasteiger partial charge in [-0.25, -0.2) is 0 Å². The fourth-order valence-electron chi connectivity index (χ4n) is 2.64. The molecule has 0 aliphatic carbocycles. The lowest BCUT2D eigenvalue weighted by Gasteiger charge is -2.16. The third-order valence-electron chi connectivity index (χ3n) is 4.13. The molecule has 0 bridgehead atoms. The van der Waals surface area contributed by atoms with Crippen molar-refractivity contribution in [1.82, 2.24) is 5.32 Å². The summed E-state index contributed by atoms with van der Waals surface area (Å²) in [5.41, 5.74) is 9.51. The molecule has 23 heavy (non-hydrogen) atoms. The molecule has 4 N–H and O–H groups in total. The van der Waals surface area contributed by atoms with Crippen LogP contribution in [0, 0.1) is 6.92 Å². The number of aryl methyl sites for hydroxylation is 1. The molecule has 0 aromatic heterocycles. The Labute approximate surface area is 143 Å². The van der Waals surface area contributed by atoms with Crippen LogP contribution >= 0.6 is 11.6 Å². The van der Waals surface area contributed by atoms with Gasteiger partial charge in [-0.05, 0) is 80.2 Å². The molecule has 0 aliphatic heterocycles. The number of phenols is 1. The fraction of sp³-hybridized carbons (Fsp3) is 0.368. The molecule has 0 heterocycles. The average molecular weight is 333 g/mol. The van der Waals surface area contributed by atoms with Crippen molar-refractivity contribution in [3.8, 4) is 5.75 Å². The summed E-state index contributed by atoms with van der Waals surface area (Å²) >= 11 is 6.08. The van der Waals surface area contributed by atoms with Gasteiger partial charge < -0.3 is 16.2 Å². The number of rotatable bonds is 8. The van der Waals surface area contributed by atoms with Gasteiger partial charge in [0.15, 0.2) is 0 Å². The highest BCUT2D eigenvalue weighted by Crippen LogP contribution is 2.23. The van der Waals surface area contributed by atoms with Crippen LogP contribution in [0.5, 0.6) is 5.75 Å². The second-order valence-electron chi connectivity index (χ2n) is 5.90. The van der Waals surface area contributed by atoms with Gasteiger partial charge in [0.25, 0.3) is 0 Å². The lowest BCUT2D eigenvalue weighted by atomic mass is 9.94. The van der Waals surface area contributed by atoms with E-state index in [4.69, 9.17) is 17.3 Å². The van der Waals surface area contributed by atoms with Gasteiger partial charge in [0.1, 0.15) is 5.75 Å². The monoisotopic (exact) mass is 332 g/mol. The molecule has 0 fully saturated rings. The Hall–Kier alpha value is -1.55. The smallest absolute Gasteiger partial charge is 0.115 e. The average Bonchev–Trinajstić information content (AvgIpc) is 2.55. The number of nitrogens with two attached hydrogens (primary N) is 1. The number of benzene rings is 2. The summed E-state index contributed by atoms with van der Waals surface area (Å²) in [6.45, 7) is 4.51. The first-order valence-electron chi connectivity index (χ1n) is 8.05. The Balaban J connectivity index is 1.75. The van der Waals surface area contributed by atoms with Gasteiger partial charge in [-0.2, -0.15) is 0 Å². The quantitative estimate of drug-likeness (QED) is 0.647. The van der Waals surface area contributed by atoms with Gasteiger partial charge in [-0.1, -0.05) is 35.9 Å². The fourth-order valence-corrected chi connectivity index (χ4v) is 2.76. The zero-order valence-corrected chi connectivity index (χ0v) is 14.3. The van der Waals surface area contributed by atoms with Crippen LogP contribution in [0.1, 0.15) is 29.0 Å². The van der Waals surface area contributed by atoms with E-state index in [-0.39, 0.29) is 0 Å². The van der Waals surface area contributed by atoms with E-state index in [2.05, 4.69) is 17.4 Å². The van der Waals surface area contributed by atoms with E-state index in [1.807, 2.05) is 25.1 Å². The highest BCUT2D eigenvalue weighted by molar-refractivity contribution is 6.31. The molecular formula is C19H25ClN2O. The molecule has 0 radical (unpaired) electrons. The molecule has 2 aromatic carbocycles. The van der Waals surface area contributed by atoms with Crippen molar-refractivity contribution in [1.29, 1.82) is 0 Å². The summed E-state index contributed by atoms with van der Waals surface area (Å²) in [5.74, 6) is 0.665. The standard InChI is InChI=1S/C19H25ClN2O/c1-14-12-16(4-7-19(14)20)17(13-21)9-11-22-10-8-15-2-5-18(23)6-3-15/h2-7,12,17,22-23H,8-11,13,21H2,1H3. The first kappa shape index (κ1) is 17.8. The number of nitrogens with one attached hydrogen (secondary N) is 1. The minimum atomic E-state index is 0.311. The number of aromatic hydroxyl groups is 1. The molecular weight excluding hydrogens is 308 g/mol. The summed E-state index contributed by atoms with van der Waals surface area (Å²) in [6.07, 6.45) is 1.96. The van der Waals surface area contributed by atoms with Crippen LogP contribution in [0.2, 0.25) is 5.02 Å². The van der Waals surface area contributed by atoms with Gasteiger partial charge in [-0.15, -0.1) is 0 Å². The third-order valence-corrected chi connectivity index (χ3v) is 4.56. The normalized spacial score (nSPS) is 12.3. The molecule has 3 nitrogen and oxygen atoms in total. The number of phenolic OH excluding ortho intramolecular Hbond substituents is 1. The predicted molar refractivity (Wildman–Crippen MR) is 97.3 cm³/mol. The maximum atomic E-state index is 9.26. The first-order valence-corrected chi connectivity index (χ1v) is 8.42. The summed E-state index contributed by atoms with van der Waals surface area (Å²) in [6, 6.07) is 13.5. The minimum Gasteiger partial charge on any atom is -0.508 e. The van der Waals surface area contributed by atoms with E-state index in [0.717, 1.165) is 36.5 Å². The Kier molecular flexibility index (Phi) is 6.90. The SMILES string of the molecule is Cc1cc(C(CN)CCNCCc2ccc(O)cc2)ccc1Cl. The van der Waals surface area contributed by atoms with Crippen LogP contribution in [-0.2, 0) is 6.42 Å². The Bertz CT molecular complexity index is 613. The summed E-state index contributed by atoms with van der Waals surface area (Å²) in [7, 11) is 0. The topological polar surface area (TPSA) is 58.3 Å². The van der Waals surface area contributed by atoms with Crippen LogP contribution < -0.4 is 11.1 Å². The maximum Gasteiger partial charge on any atom is 0.115 e. The largest absolute Gasteiger partial charge is 0.508 e. The summed E-state index contributed by atoms with van der Waals surface area (Å²) < 4.78 is 0. The highest BCUT2D eigenvalue weighted by Gasteiger charge is 2.10. The van der Waals surface area contributed by atoms with Crippen molar-refractivity contribution in [2.75, 3.05) is 19.6 Å². The van der Waals surface area contributed by atoms with Crippen molar-refractivity contribution in [2.24, 2.45) is 5.73 Å². The Morgan fingerprint density at radius 1 is 1.13 bits per heavy atom. The van der Waals surface area contributed by atoms with E-state index >= 15 is 0 Å². The molecule has 124 valence electrons. The van der Waals surface area contributed by atoms with Gasteiger partial charge >= 0.3 is 0 Å². The molecule has 0 saturated heterocycles. The van der Waals surface area contributed by atoms with E-state index < -0.39 is 0 Å². The molecule has 1 unspecified atom stereocenters. The molecule has 0 saturated carbocycles. The van der Waals surface area contributed by atoms with Crippen LogP contribution in [0.4, 0.5) is 0 Å². The third kappa shape index (κ3) is 5.54. The van der Waals surface area contributed by atoms with Crippen molar-refractivity contribution in [3.63, 3.8) is 0 Å². The predicted octanol–water partition coefficient (Wildman–Crippen LogP) is 3.62. The molecule has 2 aromatic rings. The second-order valence-corrected chi connectivity index (χ2v) is 6.30. The van der Waals surface area contributed by atoms with Crippen molar-refractivity contribution in [3.05, 3.63) is 64.2 Å². The van der Waals surface area contributed by atoms with E-state index in [0.29, 0.717) is 18.2 Å². The van der Waals surface area contributed by atoms with Gasteiger partial charge in [0, 0.05) is 5.02 Å². The summed E-state index contributed by atoms with van der Waals surface area (Å²) in [5, 5.41) is 13.5. The first-order chi connectivity index (χ1) is 11.1. The maximum absolute atomic E-state index is 9.26. The lowest BCUT2D eigenvalue weighted by molar-refractivity contribution is 0.475. The van der Waals surface area contributed by atoms with Crippen molar-refractivity contribution in [2.45, 2.75) is 25.7 Å². The van der Waals surface area contributed by atoms with Crippen LogP contribution in [0.15, 0.2) is 42.5 Å². The second kappa shape index (κ2) is 8.92. The molecule has 0 aliphatic rings. The number of hydrogen-bond donors (Lipinski definition) is 3. The van der Waals surface area contributed by atoms with Crippen molar-refractivity contribution < 1.29 is 5.11 Å². The Morgan fingerprint density at radius 2 is 1.87 bits per heavy atom. The minimum absolute atomic E-state index is 0.311. The van der Waals surface area contributed by atoms with Gasteiger partial charge in [0.2, 0.25) is 0 Å². The summed E-state index contributed by atoms with van der Waals surface area (Å²) in [4.78, 5) is 0. The van der Waals surface area contributed by atoms with Gasteiger partial charge in [0.05, 0.1) is 0 Å². The number of halogens is 1. The molecule has 0 spiro atoms. The van der Waals surface area contributed by atoms with Crippen molar-refractivity contribution >= 4 is 11.6 Å². The van der Waals surface area contributed by atoms with E-state index in [1.165, 1.54) is 11.1 Å². The lowest BCUT2D eigenvalue weighted by Crippen LogP contribution is -2.23. The zero-order valence-electron chi connectivity index (χ0n) is 13.6. The zero-order chi connectivity index (χ0) is 16.7. The molecule has 4 heteroatoms. The highest BCUT2D eigenvalue weighted by atomic mass is 35.5. The van der Waals surface area contributed by atoms with Crippen LogP contribution in [0.3, 0.4) is 0 Å². The van der Waals surface area contributed by atoms with Gasteiger partial charge in [-0.3, -0.25) is 0 Å².